The second-order valence-corrected chi connectivity index (χ2v) is 5.34. The smallest absolute Gasteiger partial charge is 0.257 e. The summed E-state index contributed by atoms with van der Waals surface area (Å²) in [5.41, 5.74) is 2.21. The summed E-state index contributed by atoms with van der Waals surface area (Å²) in [4.78, 5) is 11.8. The lowest BCUT2D eigenvalue weighted by molar-refractivity contribution is -0.123. The van der Waals surface area contributed by atoms with Crippen molar-refractivity contribution in [3.8, 4) is 17.2 Å². The van der Waals surface area contributed by atoms with Gasteiger partial charge in [-0.3, -0.25) is 4.79 Å². The molecule has 0 aliphatic heterocycles. The van der Waals surface area contributed by atoms with Gasteiger partial charge in [0, 0.05) is 6.54 Å². The minimum absolute atomic E-state index is 0.00886. The topological polar surface area (TPSA) is 56.8 Å². The summed E-state index contributed by atoms with van der Waals surface area (Å²) in [6.45, 7) is 2.56. The van der Waals surface area contributed by atoms with E-state index in [4.69, 9.17) is 14.2 Å². The van der Waals surface area contributed by atoms with Crippen LogP contribution in [-0.4, -0.2) is 33.3 Å². The molecule has 0 fully saturated rings. The molecule has 0 aliphatic carbocycles. The van der Waals surface area contributed by atoms with Crippen LogP contribution in [0.3, 0.4) is 0 Å². The zero-order valence-corrected chi connectivity index (χ0v) is 14.3. The van der Waals surface area contributed by atoms with Gasteiger partial charge in [-0.2, -0.15) is 0 Å². The molecular formula is C19H23NO4. The predicted octanol–water partition coefficient (Wildman–Crippen LogP) is 2.75. The van der Waals surface area contributed by atoms with E-state index in [0.29, 0.717) is 30.2 Å². The maximum atomic E-state index is 11.8. The highest BCUT2D eigenvalue weighted by Crippen LogP contribution is 2.30. The number of aryl methyl sites for hydroxylation is 1. The van der Waals surface area contributed by atoms with Crippen LogP contribution in [-0.2, 0) is 11.2 Å². The van der Waals surface area contributed by atoms with Gasteiger partial charge < -0.3 is 19.5 Å². The molecule has 0 unspecified atom stereocenters. The molecule has 1 N–H and O–H groups in total. The first kappa shape index (κ1) is 17.7. The molecule has 0 saturated heterocycles. The van der Waals surface area contributed by atoms with E-state index in [1.807, 2.05) is 49.4 Å². The first-order valence-electron chi connectivity index (χ1n) is 7.80. The number of para-hydroxylation sites is 1. The van der Waals surface area contributed by atoms with Crippen molar-refractivity contribution in [2.75, 3.05) is 27.4 Å². The molecule has 128 valence electrons. The van der Waals surface area contributed by atoms with Gasteiger partial charge in [-0.1, -0.05) is 18.2 Å². The summed E-state index contributed by atoms with van der Waals surface area (Å²) in [6, 6.07) is 13.2. The monoisotopic (exact) mass is 329 g/mol. The minimum atomic E-state index is -0.142. The first-order chi connectivity index (χ1) is 11.6. The molecule has 0 bridgehead atoms. The van der Waals surface area contributed by atoms with Crippen molar-refractivity contribution in [1.82, 2.24) is 5.32 Å². The van der Waals surface area contributed by atoms with E-state index in [-0.39, 0.29) is 12.5 Å². The highest BCUT2D eigenvalue weighted by Gasteiger charge is 2.09. The molecule has 1 amide bonds. The minimum Gasteiger partial charge on any atom is -0.493 e. The van der Waals surface area contributed by atoms with E-state index < -0.39 is 0 Å². The summed E-state index contributed by atoms with van der Waals surface area (Å²) >= 11 is 0. The van der Waals surface area contributed by atoms with Gasteiger partial charge in [0.25, 0.3) is 5.91 Å². The number of carbonyl (C=O) groups is 1. The van der Waals surface area contributed by atoms with E-state index in [0.717, 1.165) is 11.1 Å². The Morgan fingerprint density at radius 1 is 1.04 bits per heavy atom. The zero-order chi connectivity index (χ0) is 17.4. The number of hydrogen-bond donors (Lipinski definition) is 1. The Kier molecular flexibility index (Phi) is 6.49. The zero-order valence-electron chi connectivity index (χ0n) is 14.3. The Morgan fingerprint density at radius 2 is 1.71 bits per heavy atom. The maximum Gasteiger partial charge on any atom is 0.257 e. The number of hydrogen-bond acceptors (Lipinski definition) is 4. The average Bonchev–Trinajstić information content (AvgIpc) is 2.61. The summed E-state index contributed by atoms with van der Waals surface area (Å²) in [7, 11) is 3.23. The standard InChI is InChI=1S/C19H23NO4/c1-14-11-17(22-2)18(23-3)12-15(14)9-10-20-19(21)13-24-16-7-5-4-6-8-16/h4-8,11-12H,9-10,13H2,1-3H3,(H,20,21). The van der Waals surface area contributed by atoms with Crippen LogP contribution in [0.2, 0.25) is 0 Å². The van der Waals surface area contributed by atoms with Gasteiger partial charge in [0.2, 0.25) is 0 Å². The van der Waals surface area contributed by atoms with E-state index in [1.165, 1.54) is 0 Å². The normalized spacial score (nSPS) is 10.1. The van der Waals surface area contributed by atoms with Crippen molar-refractivity contribution in [3.05, 3.63) is 53.6 Å². The molecular weight excluding hydrogens is 306 g/mol. The van der Waals surface area contributed by atoms with Gasteiger partial charge in [-0.15, -0.1) is 0 Å². The fourth-order valence-electron chi connectivity index (χ4n) is 2.35. The van der Waals surface area contributed by atoms with Crippen LogP contribution in [0.5, 0.6) is 17.2 Å². The first-order valence-corrected chi connectivity index (χ1v) is 7.80. The third-order valence-corrected chi connectivity index (χ3v) is 3.67. The fourth-order valence-corrected chi connectivity index (χ4v) is 2.35. The quantitative estimate of drug-likeness (QED) is 0.809. The second-order valence-electron chi connectivity index (χ2n) is 5.34. The molecule has 2 rings (SSSR count). The Balaban J connectivity index is 1.82. The molecule has 24 heavy (non-hydrogen) atoms. The Labute approximate surface area is 142 Å². The van der Waals surface area contributed by atoms with Crippen LogP contribution in [0.1, 0.15) is 11.1 Å². The van der Waals surface area contributed by atoms with Gasteiger partial charge in [-0.05, 0) is 48.7 Å². The Morgan fingerprint density at radius 3 is 2.38 bits per heavy atom. The van der Waals surface area contributed by atoms with E-state index in [1.54, 1.807) is 14.2 Å². The molecule has 0 saturated carbocycles. The fraction of sp³-hybridized carbons (Fsp3) is 0.316. The number of benzene rings is 2. The second kappa shape index (κ2) is 8.82. The van der Waals surface area contributed by atoms with E-state index >= 15 is 0 Å². The van der Waals surface area contributed by atoms with Crippen LogP contribution in [0.25, 0.3) is 0 Å². The third kappa shape index (κ3) is 4.91. The SMILES string of the molecule is COc1cc(C)c(CCNC(=O)COc2ccccc2)cc1OC. The van der Waals surface area contributed by atoms with Crippen molar-refractivity contribution in [2.24, 2.45) is 0 Å². The molecule has 5 nitrogen and oxygen atoms in total. The highest BCUT2D eigenvalue weighted by molar-refractivity contribution is 5.77. The molecule has 0 atom stereocenters. The summed E-state index contributed by atoms with van der Waals surface area (Å²) < 4.78 is 16.0. The Bertz CT molecular complexity index is 671. The lowest BCUT2D eigenvalue weighted by Crippen LogP contribution is -2.30. The van der Waals surface area contributed by atoms with Crippen LogP contribution in [0, 0.1) is 6.92 Å². The van der Waals surface area contributed by atoms with Crippen molar-refractivity contribution in [2.45, 2.75) is 13.3 Å². The number of carbonyl (C=O) groups excluding carboxylic acids is 1. The van der Waals surface area contributed by atoms with Crippen molar-refractivity contribution < 1.29 is 19.0 Å². The van der Waals surface area contributed by atoms with Gasteiger partial charge in [0.15, 0.2) is 18.1 Å². The molecule has 0 spiro atoms. The molecule has 2 aromatic rings. The van der Waals surface area contributed by atoms with Crippen LogP contribution >= 0.6 is 0 Å². The average molecular weight is 329 g/mol. The van der Waals surface area contributed by atoms with Crippen molar-refractivity contribution in [1.29, 1.82) is 0 Å². The molecule has 0 aromatic heterocycles. The summed E-state index contributed by atoms with van der Waals surface area (Å²) in [6.07, 6.45) is 0.712. The van der Waals surface area contributed by atoms with Crippen LogP contribution in [0.4, 0.5) is 0 Å². The lowest BCUT2D eigenvalue weighted by atomic mass is 10.0. The summed E-state index contributed by atoms with van der Waals surface area (Å²) in [5.74, 6) is 1.94. The van der Waals surface area contributed by atoms with Crippen LogP contribution in [0.15, 0.2) is 42.5 Å². The number of ether oxygens (including phenoxy) is 3. The summed E-state index contributed by atoms with van der Waals surface area (Å²) in [5, 5.41) is 2.86. The molecule has 5 heteroatoms. The van der Waals surface area contributed by atoms with Gasteiger partial charge in [-0.25, -0.2) is 0 Å². The highest BCUT2D eigenvalue weighted by atomic mass is 16.5. The largest absolute Gasteiger partial charge is 0.493 e. The van der Waals surface area contributed by atoms with E-state index in [2.05, 4.69) is 5.32 Å². The van der Waals surface area contributed by atoms with E-state index in [9.17, 15) is 4.79 Å². The van der Waals surface area contributed by atoms with Gasteiger partial charge in [0.1, 0.15) is 5.75 Å². The number of methoxy groups -OCH3 is 2. The third-order valence-electron chi connectivity index (χ3n) is 3.67. The Hall–Kier alpha value is -2.69. The maximum absolute atomic E-state index is 11.8. The lowest BCUT2D eigenvalue weighted by Gasteiger charge is -2.13. The number of rotatable bonds is 8. The predicted molar refractivity (Wildman–Crippen MR) is 92.9 cm³/mol. The van der Waals surface area contributed by atoms with Crippen LogP contribution < -0.4 is 19.5 Å². The van der Waals surface area contributed by atoms with Gasteiger partial charge >= 0.3 is 0 Å². The number of nitrogens with one attached hydrogen (secondary N) is 1. The van der Waals surface area contributed by atoms with Crippen molar-refractivity contribution in [3.63, 3.8) is 0 Å². The molecule has 0 heterocycles. The van der Waals surface area contributed by atoms with Gasteiger partial charge in [0.05, 0.1) is 14.2 Å². The molecule has 0 aliphatic rings. The molecule has 2 aromatic carbocycles. The molecule has 0 radical (unpaired) electrons. The van der Waals surface area contributed by atoms with Crippen molar-refractivity contribution >= 4 is 5.91 Å². The number of amides is 1.